The molecule has 2 aromatic heterocycles. The van der Waals surface area contributed by atoms with Crippen molar-refractivity contribution in [1.29, 1.82) is 0 Å². The molecular formula is C13H16ClN3O4. The number of carbonyl (C=O) groups is 1. The smallest absolute Gasteiger partial charge is 0.407 e. The van der Waals surface area contributed by atoms with Gasteiger partial charge in [0.05, 0.1) is 11.6 Å². The van der Waals surface area contributed by atoms with E-state index >= 15 is 0 Å². The van der Waals surface area contributed by atoms with Crippen molar-refractivity contribution in [3.05, 3.63) is 17.3 Å². The Morgan fingerprint density at radius 2 is 2.24 bits per heavy atom. The average molecular weight is 314 g/mol. The number of rotatable bonds is 4. The first-order valence-electron chi connectivity index (χ1n) is 6.36. The molecule has 0 spiro atoms. The van der Waals surface area contributed by atoms with Gasteiger partial charge in [0, 0.05) is 6.20 Å². The number of aromatic nitrogens is 2. The summed E-state index contributed by atoms with van der Waals surface area (Å²) in [5, 5.41) is 7.37. The summed E-state index contributed by atoms with van der Waals surface area (Å²) in [4.78, 5) is 15.4. The van der Waals surface area contributed by atoms with Gasteiger partial charge in [0.2, 0.25) is 0 Å². The summed E-state index contributed by atoms with van der Waals surface area (Å²) < 4.78 is 15.5. The second-order valence-electron chi connectivity index (χ2n) is 5.27. The number of nitrogens with zero attached hydrogens (tertiary/aromatic N) is 2. The van der Waals surface area contributed by atoms with E-state index in [2.05, 4.69) is 15.5 Å². The van der Waals surface area contributed by atoms with Crippen LogP contribution >= 0.6 is 11.6 Å². The van der Waals surface area contributed by atoms with E-state index in [-0.39, 0.29) is 19.0 Å². The van der Waals surface area contributed by atoms with Crippen LogP contribution in [0.1, 0.15) is 20.8 Å². The van der Waals surface area contributed by atoms with Gasteiger partial charge in [0.1, 0.15) is 17.6 Å². The van der Waals surface area contributed by atoms with Crippen molar-refractivity contribution in [3.63, 3.8) is 0 Å². The molecule has 2 aromatic rings. The van der Waals surface area contributed by atoms with Gasteiger partial charge in [0.25, 0.3) is 11.6 Å². The number of fused-ring (bicyclic) bond motifs is 1. The van der Waals surface area contributed by atoms with Crippen LogP contribution in [0.25, 0.3) is 11.1 Å². The molecule has 8 heteroatoms. The van der Waals surface area contributed by atoms with Gasteiger partial charge in [-0.25, -0.2) is 9.78 Å². The minimum absolute atomic E-state index is 0.216. The molecule has 2 heterocycles. The third-order valence-corrected chi connectivity index (χ3v) is 2.48. The largest absolute Gasteiger partial charge is 0.473 e. The van der Waals surface area contributed by atoms with E-state index in [4.69, 9.17) is 25.6 Å². The molecule has 0 aliphatic heterocycles. The van der Waals surface area contributed by atoms with Crippen molar-refractivity contribution in [2.45, 2.75) is 26.4 Å². The number of hydrogen-bond acceptors (Lipinski definition) is 6. The Kier molecular flexibility index (Phi) is 4.52. The SMILES string of the molecule is CC(C)(C)OC(=O)NCCOc1noc2ncc(Cl)cc12. The Morgan fingerprint density at radius 1 is 1.48 bits per heavy atom. The first-order valence-corrected chi connectivity index (χ1v) is 6.73. The van der Waals surface area contributed by atoms with Crippen molar-refractivity contribution >= 4 is 28.8 Å². The van der Waals surface area contributed by atoms with Crippen LogP contribution in [0.3, 0.4) is 0 Å². The third-order valence-electron chi connectivity index (χ3n) is 2.27. The van der Waals surface area contributed by atoms with E-state index in [1.54, 1.807) is 26.8 Å². The lowest BCUT2D eigenvalue weighted by atomic mass is 10.2. The Hall–Kier alpha value is -2.02. The maximum Gasteiger partial charge on any atom is 0.407 e. The number of halogens is 1. The van der Waals surface area contributed by atoms with Gasteiger partial charge in [-0.3, -0.25) is 0 Å². The van der Waals surface area contributed by atoms with Gasteiger partial charge in [-0.2, -0.15) is 0 Å². The zero-order valence-corrected chi connectivity index (χ0v) is 12.7. The molecule has 1 amide bonds. The van der Waals surface area contributed by atoms with Crippen molar-refractivity contribution in [2.75, 3.05) is 13.2 Å². The molecule has 2 rings (SSSR count). The number of alkyl carbamates (subject to hydrolysis) is 1. The van der Waals surface area contributed by atoms with E-state index in [9.17, 15) is 4.79 Å². The number of pyridine rings is 1. The summed E-state index contributed by atoms with van der Waals surface area (Å²) >= 11 is 5.85. The second-order valence-corrected chi connectivity index (χ2v) is 5.71. The maximum atomic E-state index is 11.4. The molecule has 0 saturated heterocycles. The Bertz CT molecular complexity index is 636. The predicted octanol–water partition coefficient (Wildman–Crippen LogP) is 2.78. The fourth-order valence-electron chi connectivity index (χ4n) is 1.51. The molecule has 0 fully saturated rings. The minimum atomic E-state index is -0.532. The van der Waals surface area contributed by atoms with Crippen LogP contribution in [-0.2, 0) is 4.74 Å². The summed E-state index contributed by atoms with van der Waals surface area (Å²) in [6.45, 7) is 5.87. The average Bonchev–Trinajstić information content (AvgIpc) is 2.75. The van der Waals surface area contributed by atoms with Crippen LogP contribution in [0.4, 0.5) is 4.79 Å². The van der Waals surface area contributed by atoms with E-state index in [0.717, 1.165) is 0 Å². The van der Waals surface area contributed by atoms with Gasteiger partial charge >= 0.3 is 6.09 Å². The molecule has 0 saturated carbocycles. The van der Waals surface area contributed by atoms with Crippen molar-refractivity contribution in [1.82, 2.24) is 15.5 Å². The molecule has 0 bridgehead atoms. The topological polar surface area (TPSA) is 86.5 Å². The van der Waals surface area contributed by atoms with Gasteiger partial charge in [-0.15, -0.1) is 0 Å². The molecule has 7 nitrogen and oxygen atoms in total. The molecule has 21 heavy (non-hydrogen) atoms. The lowest BCUT2D eigenvalue weighted by Crippen LogP contribution is -2.34. The highest BCUT2D eigenvalue weighted by Gasteiger charge is 2.16. The molecule has 0 aliphatic carbocycles. The van der Waals surface area contributed by atoms with Crippen LogP contribution in [0.2, 0.25) is 5.02 Å². The summed E-state index contributed by atoms with van der Waals surface area (Å²) in [6.07, 6.45) is 0.962. The molecular weight excluding hydrogens is 298 g/mol. The van der Waals surface area contributed by atoms with E-state index in [0.29, 0.717) is 16.1 Å². The maximum absolute atomic E-state index is 11.4. The highest BCUT2D eigenvalue weighted by Crippen LogP contribution is 2.25. The van der Waals surface area contributed by atoms with Crippen molar-refractivity contribution in [3.8, 4) is 5.88 Å². The monoisotopic (exact) mass is 313 g/mol. The van der Waals surface area contributed by atoms with Gasteiger partial charge < -0.3 is 19.3 Å². The molecule has 0 unspecified atom stereocenters. The highest BCUT2D eigenvalue weighted by atomic mass is 35.5. The lowest BCUT2D eigenvalue weighted by Gasteiger charge is -2.19. The van der Waals surface area contributed by atoms with Crippen LogP contribution in [-0.4, -0.2) is 35.0 Å². The Balaban J connectivity index is 1.83. The standard InChI is InChI=1S/C13H16ClN3O4/c1-13(2,3)20-12(18)15-4-5-19-11-9-6-8(14)7-16-10(9)21-17-11/h6-7H,4-5H2,1-3H3,(H,15,18). The van der Waals surface area contributed by atoms with Crippen LogP contribution in [0.5, 0.6) is 5.88 Å². The van der Waals surface area contributed by atoms with Gasteiger partial charge in [-0.05, 0) is 32.0 Å². The molecule has 1 N–H and O–H groups in total. The van der Waals surface area contributed by atoms with Crippen molar-refractivity contribution in [2.24, 2.45) is 0 Å². The first-order chi connectivity index (χ1) is 9.85. The fourth-order valence-corrected chi connectivity index (χ4v) is 1.66. The molecule has 0 aromatic carbocycles. The van der Waals surface area contributed by atoms with Crippen LogP contribution < -0.4 is 10.1 Å². The van der Waals surface area contributed by atoms with Crippen LogP contribution in [0.15, 0.2) is 16.8 Å². The van der Waals surface area contributed by atoms with E-state index in [1.165, 1.54) is 6.20 Å². The first kappa shape index (κ1) is 15.4. The van der Waals surface area contributed by atoms with Crippen molar-refractivity contribution < 1.29 is 18.8 Å². The van der Waals surface area contributed by atoms with E-state index in [1.807, 2.05) is 0 Å². The fraction of sp³-hybridized carbons (Fsp3) is 0.462. The number of ether oxygens (including phenoxy) is 2. The van der Waals surface area contributed by atoms with E-state index < -0.39 is 11.7 Å². The second kappa shape index (κ2) is 6.17. The minimum Gasteiger partial charge on any atom is -0.473 e. The zero-order chi connectivity index (χ0) is 15.5. The summed E-state index contributed by atoms with van der Waals surface area (Å²) in [7, 11) is 0. The highest BCUT2D eigenvalue weighted by molar-refractivity contribution is 6.31. The van der Waals surface area contributed by atoms with Crippen LogP contribution in [0, 0.1) is 0 Å². The Labute approximate surface area is 126 Å². The number of nitrogens with one attached hydrogen (secondary N) is 1. The number of amides is 1. The predicted molar refractivity (Wildman–Crippen MR) is 76.5 cm³/mol. The van der Waals surface area contributed by atoms with Gasteiger partial charge in [0.15, 0.2) is 0 Å². The van der Waals surface area contributed by atoms with Gasteiger partial charge in [-0.1, -0.05) is 11.6 Å². The third kappa shape index (κ3) is 4.49. The Morgan fingerprint density at radius 3 is 2.95 bits per heavy atom. The quantitative estimate of drug-likeness (QED) is 0.873. The zero-order valence-electron chi connectivity index (χ0n) is 12.0. The summed E-state index contributed by atoms with van der Waals surface area (Å²) in [5.74, 6) is 0.283. The number of carbonyl (C=O) groups excluding carboxylic acids is 1. The molecule has 114 valence electrons. The molecule has 0 radical (unpaired) electrons. The summed E-state index contributed by atoms with van der Waals surface area (Å²) in [6, 6.07) is 1.65. The molecule has 0 atom stereocenters. The number of hydrogen-bond donors (Lipinski definition) is 1. The lowest BCUT2D eigenvalue weighted by molar-refractivity contribution is 0.0520. The molecule has 0 aliphatic rings. The normalized spacial score (nSPS) is 11.4. The summed E-state index contributed by atoms with van der Waals surface area (Å²) in [5.41, 5.74) is -0.190.